The van der Waals surface area contributed by atoms with E-state index in [-0.39, 0.29) is 17.1 Å². The van der Waals surface area contributed by atoms with Crippen molar-refractivity contribution >= 4 is 32.8 Å². The lowest BCUT2D eigenvalue weighted by Gasteiger charge is -2.27. The summed E-state index contributed by atoms with van der Waals surface area (Å²) in [7, 11) is 0. The second kappa shape index (κ2) is 8.57. The standard InChI is InChI=1S/C24H23BrN2O4/c25-17-7-8-19-18(15-17)22(28)20-21(16-5-2-1-3-6-16)27(24(29)23(20)31-19)10-4-9-26-11-13-30-14-12-26/h1-3,5-8,15,21H,4,9-14H2/p+1/t21-/m0/s1. The molecule has 160 valence electrons. The molecule has 1 atom stereocenters. The molecule has 0 radical (unpaired) electrons. The first-order chi connectivity index (χ1) is 15.1. The Balaban J connectivity index is 1.52. The van der Waals surface area contributed by atoms with Gasteiger partial charge in [0.05, 0.1) is 36.8 Å². The number of benzene rings is 2. The molecule has 1 amide bonds. The van der Waals surface area contributed by atoms with Gasteiger partial charge in [-0.25, -0.2) is 0 Å². The van der Waals surface area contributed by atoms with Crippen molar-refractivity contribution in [1.29, 1.82) is 0 Å². The van der Waals surface area contributed by atoms with Crippen LogP contribution in [0, 0.1) is 0 Å². The van der Waals surface area contributed by atoms with E-state index in [2.05, 4.69) is 15.9 Å². The van der Waals surface area contributed by atoms with Gasteiger partial charge in [-0.2, -0.15) is 0 Å². The Morgan fingerprint density at radius 1 is 1.06 bits per heavy atom. The Bertz CT molecular complexity index is 1170. The van der Waals surface area contributed by atoms with Crippen LogP contribution in [0.25, 0.3) is 11.0 Å². The molecule has 0 spiro atoms. The summed E-state index contributed by atoms with van der Waals surface area (Å²) in [6.07, 6.45) is 0.859. The van der Waals surface area contributed by atoms with Gasteiger partial charge in [0, 0.05) is 17.4 Å². The molecule has 1 saturated heterocycles. The molecule has 1 N–H and O–H groups in total. The summed E-state index contributed by atoms with van der Waals surface area (Å²) in [5, 5.41) is 0.487. The largest absolute Gasteiger partial charge is 0.450 e. The van der Waals surface area contributed by atoms with Gasteiger partial charge in [0.2, 0.25) is 5.76 Å². The van der Waals surface area contributed by atoms with E-state index in [1.165, 1.54) is 4.90 Å². The third-order valence-electron chi connectivity index (χ3n) is 6.17. The Hall–Kier alpha value is -2.48. The quantitative estimate of drug-likeness (QED) is 0.605. The number of carbonyl (C=O) groups is 1. The minimum Gasteiger partial charge on any atom is -0.450 e. The van der Waals surface area contributed by atoms with Crippen LogP contribution in [0.4, 0.5) is 0 Å². The van der Waals surface area contributed by atoms with Crippen LogP contribution in [0.1, 0.15) is 34.1 Å². The zero-order valence-electron chi connectivity index (χ0n) is 17.1. The van der Waals surface area contributed by atoms with Gasteiger partial charge in [0.1, 0.15) is 18.7 Å². The first-order valence-corrected chi connectivity index (χ1v) is 11.5. The summed E-state index contributed by atoms with van der Waals surface area (Å²) in [5.74, 6) is -0.0323. The molecule has 31 heavy (non-hydrogen) atoms. The highest BCUT2D eigenvalue weighted by Gasteiger charge is 2.42. The topological polar surface area (TPSA) is 64.2 Å². The number of halogens is 1. The maximum atomic E-state index is 13.5. The number of carbonyl (C=O) groups excluding carboxylic acids is 1. The van der Waals surface area contributed by atoms with E-state index in [9.17, 15) is 9.59 Å². The van der Waals surface area contributed by atoms with Gasteiger partial charge in [-0.3, -0.25) is 9.59 Å². The van der Waals surface area contributed by atoms with E-state index in [1.807, 2.05) is 36.4 Å². The van der Waals surface area contributed by atoms with Gasteiger partial charge >= 0.3 is 0 Å². The normalized spacial score (nSPS) is 19.2. The number of hydrogen-bond acceptors (Lipinski definition) is 4. The molecule has 5 rings (SSSR count). The maximum Gasteiger partial charge on any atom is 0.290 e. The van der Waals surface area contributed by atoms with E-state index in [1.54, 1.807) is 17.0 Å². The predicted molar refractivity (Wildman–Crippen MR) is 121 cm³/mol. The molecule has 3 heterocycles. The predicted octanol–water partition coefficient (Wildman–Crippen LogP) is 2.41. The van der Waals surface area contributed by atoms with E-state index in [0.717, 1.165) is 49.3 Å². The van der Waals surface area contributed by atoms with Crippen LogP contribution in [-0.4, -0.2) is 50.2 Å². The Morgan fingerprint density at radius 2 is 1.84 bits per heavy atom. The average Bonchev–Trinajstić information content (AvgIpc) is 3.08. The summed E-state index contributed by atoms with van der Waals surface area (Å²) < 4.78 is 12.2. The highest BCUT2D eigenvalue weighted by molar-refractivity contribution is 9.10. The van der Waals surface area contributed by atoms with Crippen molar-refractivity contribution in [3.63, 3.8) is 0 Å². The first-order valence-electron chi connectivity index (χ1n) is 10.7. The van der Waals surface area contributed by atoms with E-state index in [0.29, 0.717) is 23.1 Å². The maximum absolute atomic E-state index is 13.5. The Kier molecular flexibility index (Phi) is 5.65. The molecule has 0 saturated carbocycles. The first kappa shape index (κ1) is 20.4. The molecule has 0 bridgehead atoms. The molecule has 0 aliphatic carbocycles. The average molecular weight is 484 g/mol. The molecule has 1 aromatic heterocycles. The third kappa shape index (κ3) is 3.82. The van der Waals surface area contributed by atoms with Crippen LogP contribution in [-0.2, 0) is 4.74 Å². The van der Waals surface area contributed by atoms with Crippen LogP contribution in [0.15, 0.2) is 62.2 Å². The van der Waals surface area contributed by atoms with Crippen LogP contribution < -0.4 is 10.3 Å². The lowest BCUT2D eigenvalue weighted by atomic mass is 9.98. The van der Waals surface area contributed by atoms with Gasteiger partial charge in [0.15, 0.2) is 5.43 Å². The van der Waals surface area contributed by atoms with Crippen LogP contribution in [0.2, 0.25) is 0 Å². The number of hydrogen-bond donors (Lipinski definition) is 1. The van der Waals surface area contributed by atoms with E-state index >= 15 is 0 Å². The summed E-state index contributed by atoms with van der Waals surface area (Å²) in [4.78, 5) is 30.2. The van der Waals surface area contributed by atoms with Crippen LogP contribution >= 0.6 is 15.9 Å². The highest BCUT2D eigenvalue weighted by atomic mass is 79.9. The van der Waals surface area contributed by atoms with E-state index < -0.39 is 6.04 Å². The molecular formula is C24H24BrN2O4+. The van der Waals surface area contributed by atoms with Gasteiger partial charge in [0.25, 0.3) is 5.91 Å². The fourth-order valence-corrected chi connectivity index (χ4v) is 4.98. The van der Waals surface area contributed by atoms with Crippen molar-refractivity contribution in [3.05, 3.63) is 80.1 Å². The second-order valence-corrected chi connectivity index (χ2v) is 9.01. The molecule has 6 nitrogen and oxygen atoms in total. The molecule has 0 unspecified atom stereocenters. The summed E-state index contributed by atoms with van der Waals surface area (Å²) >= 11 is 3.43. The molecule has 2 aliphatic heterocycles. The number of nitrogens with zero attached hydrogens (tertiary/aromatic N) is 1. The number of rotatable bonds is 5. The summed E-state index contributed by atoms with van der Waals surface area (Å²) in [5.41, 5.74) is 1.67. The van der Waals surface area contributed by atoms with Crippen molar-refractivity contribution < 1.29 is 18.8 Å². The highest BCUT2D eigenvalue weighted by Crippen LogP contribution is 2.38. The number of morpholine rings is 1. The van der Waals surface area contributed by atoms with Gasteiger partial charge in [-0.15, -0.1) is 0 Å². The zero-order chi connectivity index (χ0) is 21.4. The molecule has 1 fully saturated rings. The lowest BCUT2D eigenvalue weighted by molar-refractivity contribution is -0.908. The van der Waals surface area contributed by atoms with Crippen molar-refractivity contribution in [2.24, 2.45) is 0 Å². The second-order valence-electron chi connectivity index (χ2n) is 8.09. The molecular weight excluding hydrogens is 460 g/mol. The summed E-state index contributed by atoms with van der Waals surface area (Å²) in [6, 6.07) is 14.6. The Labute approximate surface area is 188 Å². The fraction of sp³-hybridized carbons (Fsp3) is 0.333. The van der Waals surface area contributed by atoms with Gasteiger partial charge in [-0.1, -0.05) is 46.3 Å². The van der Waals surface area contributed by atoms with Crippen molar-refractivity contribution in [1.82, 2.24) is 4.90 Å². The van der Waals surface area contributed by atoms with Gasteiger partial charge in [-0.05, 0) is 23.8 Å². The third-order valence-corrected chi connectivity index (χ3v) is 6.67. The number of amides is 1. The van der Waals surface area contributed by atoms with E-state index in [4.69, 9.17) is 9.15 Å². The lowest BCUT2D eigenvalue weighted by Crippen LogP contribution is -3.14. The minimum absolute atomic E-state index is 0.138. The SMILES string of the molecule is O=C1c2oc3ccc(Br)cc3c(=O)c2[C@H](c2ccccc2)N1CCC[NH+]1CCOCC1. The fourth-order valence-electron chi connectivity index (χ4n) is 4.61. The molecule has 2 aliphatic rings. The molecule has 7 heteroatoms. The van der Waals surface area contributed by atoms with Crippen molar-refractivity contribution in [2.45, 2.75) is 12.5 Å². The van der Waals surface area contributed by atoms with Gasteiger partial charge < -0.3 is 19.0 Å². The smallest absolute Gasteiger partial charge is 0.290 e. The minimum atomic E-state index is -0.428. The number of fused-ring (bicyclic) bond motifs is 2. The summed E-state index contributed by atoms with van der Waals surface area (Å²) in [6.45, 7) is 5.12. The zero-order valence-corrected chi connectivity index (χ0v) is 18.7. The number of nitrogens with one attached hydrogen (secondary N) is 1. The monoisotopic (exact) mass is 483 g/mol. The number of quaternary nitrogens is 1. The Morgan fingerprint density at radius 3 is 2.61 bits per heavy atom. The van der Waals surface area contributed by atoms with Crippen LogP contribution in [0.5, 0.6) is 0 Å². The number of ether oxygens (including phenoxy) is 1. The van der Waals surface area contributed by atoms with Crippen molar-refractivity contribution in [2.75, 3.05) is 39.4 Å². The molecule has 2 aromatic carbocycles. The van der Waals surface area contributed by atoms with Crippen LogP contribution in [0.3, 0.4) is 0 Å². The van der Waals surface area contributed by atoms with Crippen molar-refractivity contribution in [3.8, 4) is 0 Å². The molecule has 3 aromatic rings.